The molecule has 0 aliphatic heterocycles. The second-order valence-corrected chi connectivity index (χ2v) is 12.2. The Hall–Kier alpha value is -1.57. The lowest BCUT2D eigenvalue weighted by Crippen LogP contribution is -2.37. The summed E-state index contributed by atoms with van der Waals surface area (Å²) in [5.74, 6) is 1.54. The lowest BCUT2D eigenvalue weighted by molar-refractivity contribution is -0.704. The van der Waals surface area contributed by atoms with Gasteiger partial charge in [-0.05, 0) is 24.8 Å². The molecule has 1 aromatic heterocycles. The molecule has 0 unspecified atom stereocenters. The van der Waals surface area contributed by atoms with E-state index in [2.05, 4.69) is 65.7 Å². The summed E-state index contributed by atoms with van der Waals surface area (Å²) in [5, 5.41) is 0. The molecule has 0 atom stereocenters. The number of unbranched alkanes of at least 4 members (excludes halogenated alkanes) is 21. The van der Waals surface area contributed by atoms with Gasteiger partial charge in [0.1, 0.15) is 18.9 Å². The molecular weight excluding hydrogens is 472 g/mol. The van der Waals surface area contributed by atoms with Crippen LogP contribution in [-0.2, 0) is 19.5 Å². The number of benzene rings is 1. The zero-order valence-electron chi connectivity index (χ0n) is 26.3. The molecule has 2 rings (SSSR count). The normalized spacial score (nSPS) is 11.4. The first-order chi connectivity index (χ1) is 19.3. The molecule has 1 aromatic carbocycles. The van der Waals surface area contributed by atoms with Gasteiger partial charge in [-0.25, -0.2) is 9.13 Å². The third-order valence-electron chi connectivity index (χ3n) is 8.54. The van der Waals surface area contributed by atoms with Crippen LogP contribution in [0, 0.1) is 0 Å². The molecule has 0 N–H and O–H groups in total. The summed E-state index contributed by atoms with van der Waals surface area (Å²) in [7, 11) is 0. The van der Waals surface area contributed by atoms with Crippen LogP contribution in [0.2, 0.25) is 0 Å². The van der Waals surface area contributed by atoms with Crippen molar-refractivity contribution in [2.24, 2.45) is 0 Å². The van der Waals surface area contributed by atoms with Gasteiger partial charge in [-0.15, -0.1) is 0 Å². The fourth-order valence-electron chi connectivity index (χ4n) is 5.98. The molecule has 0 radical (unpaired) electrons. The van der Waals surface area contributed by atoms with Crippen molar-refractivity contribution in [1.82, 2.24) is 4.57 Å². The average Bonchev–Trinajstić information content (AvgIpc) is 3.33. The summed E-state index contributed by atoms with van der Waals surface area (Å²) in [6, 6.07) is 11.0. The van der Waals surface area contributed by atoms with Crippen LogP contribution >= 0.6 is 0 Å². The molecule has 0 bridgehead atoms. The van der Waals surface area contributed by atoms with Crippen molar-refractivity contribution in [3.05, 3.63) is 54.1 Å². The molecular formula is C37H65N2+. The van der Waals surface area contributed by atoms with E-state index in [4.69, 9.17) is 0 Å². The second-order valence-electron chi connectivity index (χ2n) is 12.2. The van der Waals surface area contributed by atoms with Gasteiger partial charge in [-0.2, -0.15) is 0 Å². The Morgan fingerprint density at radius 3 is 1.44 bits per heavy atom. The van der Waals surface area contributed by atoms with Crippen LogP contribution in [-0.4, -0.2) is 4.57 Å². The standard InChI is InChI=1S/C37H65N2/c1-3-5-7-9-11-12-13-14-15-16-17-18-19-20-21-22-27-31-37-38(32-28-23-10-8-6-4-2)33-34-39(37)35-36-29-25-24-26-30-36/h24-26,29-30,33-34H,3-23,27-28,31-32,35H2,1-2H3/q+1. The van der Waals surface area contributed by atoms with E-state index in [1.54, 1.807) is 0 Å². The van der Waals surface area contributed by atoms with Crippen molar-refractivity contribution in [3.63, 3.8) is 0 Å². The number of nitrogens with zero attached hydrogens (tertiary/aromatic N) is 2. The van der Waals surface area contributed by atoms with Crippen LogP contribution < -0.4 is 4.57 Å². The fraction of sp³-hybridized carbons (Fsp3) is 0.757. The molecule has 0 aliphatic rings. The number of aromatic nitrogens is 2. The summed E-state index contributed by atoms with van der Waals surface area (Å²) in [4.78, 5) is 0. The first kappa shape index (κ1) is 33.6. The summed E-state index contributed by atoms with van der Waals surface area (Å²) < 4.78 is 5.08. The van der Waals surface area contributed by atoms with E-state index in [9.17, 15) is 0 Å². The highest BCUT2D eigenvalue weighted by Crippen LogP contribution is 2.15. The molecule has 2 heteroatoms. The zero-order chi connectivity index (χ0) is 27.6. The number of hydrogen-bond donors (Lipinski definition) is 0. The highest BCUT2D eigenvalue weighted by molar-refractivity contribution is 5.15. The number of imidazole rings is 1. The molecule has 2 nitrogen and oxygen atoms in total. The molecule has 0 aliphatic carbocycles. The van der Waals surface area contributed by atoms with Crippen LogP contribution in [0.4, 0.5) is 0 Å². The summed E-state index contributed by atoms with van der Waals surface area (Å²) >= 11 is 0. The van der Waals surface area contributed by atoms with E-state index in [-0.39, 0.29) is 0 Å². The molecule has 1 heterocycles. The Kier molecular flexibility index (Phi) is 20.9. The van der Waals surface area contributed by atoms with Crippen LogP contribution in [0.25, 0.3) is 0 Å². The maximum atomic E-state index is 2.56. The lowest BCUT2D eigenvalue weighted by Gasteiger charge is -2.07. The van der Waals surface area contributed by atoms with E-state index in [1.165, 1.54) is 172 Å². The minimum absolute atomic E-state index is 0.999. The van der Waals surface area contributed by atoms with Gasteiger partial charge in [0, 0.05) is 6.42 Å². The van der Waals surface area contributed by atoms with Gasteiger partial charge in [0.05, 0.1) is 6.54 Å². The van der Waals surface area contributed by atoms with Gasteiger partial charge in [-0.3, -0.25) is 0 Å². The van der Waals surface area contributed by atoms with Gasteiger partial charge in [0.15, 0.2) is 0 Å². The van der Waals surface area contributed by atoms with Crippen LogP contribution in [0.5, 0.6) is 0 Å². The molecule has 0 spiro atoms. The zero-order valence-corrected chi connectivity index (χ0v) is 26.3. The van der Waals surface area contributed by atoms with E-state index >= 15 is 0 Å². The summed E-state index contributed by atoms with van der Waals surface area (Å²) in [6.45, 7) is 6.79. The van der Waals surface area contributed by atoms with Gasteiger partial charge < -0.3 is 0 Å². The molecule has 0 amide bonds. The molecule has 39 heavy (non-hydrogen) atoms. The topological polar surface area (TPSA) is 8.81 Å². The van der Waals surface area contributed by atoms with E-state index < -0.39 is 0 Å². The van der Waals surface area contributed by atoms with E-state index in [1.807, 2.05) is 0 Å². The van der Waals surface area contributed by atoms with E-state index in [0.717, 1.165) is 6.54 Å². The van der Waals surface area contributed by atoms with Gasteiger partial charge in [0.2, 0.25) is 0 Å². The van der Waals surface area contributed by atoms with Crippen LogP contribution in [0.3, 0.4) is 0 Å². The van der Waals surface area contributed by atoms with Gasteiger partial charge >= 0.3 is 0 Å². The Labute approximate surface area is 244 Å². The number of rotatable bonds is 27. The molecule has 222 valence electrons. The van der Waals surface area contributed by atoms with E-state index in [0.29, 0.717) is 0 Å². The highest BCUT2D eigenvalue weighted by Gasteiger charge is 2.17. The number of aryl methyl sites for hydroxylation is 1. The van der Waals surface area contributed by atoms with Gasteiger partial charge in [-0.1, -0.05) is 173 Å². The minimum atomic E-state index is 0.999. The first-order valence-corrected chi connectivity index (χ1v) is 17.5. The second kappa shape index (κ2) is 24.2. The molecule has 0 saturated heterocycles. The van der Waals surface area contributed by atoms with Gasteiger partial charge in [0.25, 0.3) is 5.82 Å². The monoisotopic (exact) mass is 538 g/mol. The third kappa shape index (κ3) is 17.0. The van der Waals surface area contributed by atoms with Crippen LogP contribution in [0.1, 0.15) is 173 Å². The van der Waals surface area contributed by atoms with Crippen molar-refractivity contribution in [1.29, 1.82) is 0 Å². The summed E-state index contributed by atoms with van der Waals surface area (Å²) in [6.07, 6.45) is 38.5. The smallest absolute Gasteiger partial charge is 0.234 e. The Bertz CT molecular complexity index is 778. The Balaban J connectivity index is 1.56. The minimum Gasteiger partial charge on any atom is -0.234 e. The fourth-order valence-corrected chi connectivity index (χ4v) is 5.98. The average molecular weight is 538 g/mol. The number of hydrogen-bond acceptors (Lipinski definition) is 0. The van der Waals surface area contributed by atoms with Crippen molar-refractivity contribution < 1.29 is 4.57 Å². The Morgan fingerprint density at radius 1 is 0.513 bits per heavy atom. The molecule has 0 fully saturated rings. The predicted molar refractivity (Wildman–Crippen MR) is 171 cm³/mol. The molecule has 2 aromatic rings. The maximum absolute atomic E-state index is 2.56. The SMILES string of the molecule is CCCCCCCCCCCCCCCCCCCc1n(Cc2ccccc2)cc[n+]1CCCCCCCC. The highest BCUT2D eigenvalue weighted by atomic mass is 15.1. The van der Waals surface area contributed by atoms with Crippen LogP contribution in [0.15, 0.2) is 42.7 Å². The molecule has 0 saturated carbocycles. The van der Waals surface area contributed by atoms with Crippen molar-refractivity contribution in [2.45, 2.75) is 181 Å². The maximum Gasteiger partial charge on any atom is 0.256 e. The third-order valence-corrected chi connectivity index (χ3v) is 8.54. The lowest BCUT2D eigenvalue weighted by atomic mass is 10.0. The first-order valence-electron chi connectivity index (χ1n) is 17.5. The summed E-state index contributed by atoms with van der Waals surface area (Å²) in [5.41, 5.74) is 1.41. The largest absolute Gasteiger partial charge is 0.256 e. The Morgan fingerprint density at radius 2 is 0.949 bits per heavy atom. The quantitative estimate of drug-likeness (QED) is 0.0791. The van der Waals surface area contributed by atoms with Crippen molar-refractivity contribution >= 4 is 0 Å². The van der Waals surface area contributed by atoms with Crippen molar-refractivity contribution in [2.75, 3.05) is 0 Å². The predicted octanol–water partition coefficient (Wildman–Crippen LogP) is 11.4. The van der Waals surface area contributed by atoms with Crippen molar-refractivity contribution in [3.8, 4) is 0 Å².